The standard InChI is InChI=1S/C23H30N2O2/c1-3-4-16-27-20-9-7-8-19(17-20)23(26)24-21-10-5-6-11-22(21)25-14-12-18(2)13-15-25/h5-11,17-18H,3-4,12-16H2,1-2H3,(H,24,26). The van der Waals surface area contributed by atoms with Crippen LogP contribution in [-0.2, 0) is 0 Å². The Balaban J connectivity index is 1.70. The molecule has 2 aromatic rings. The number of carbonyl (C=O) groups is 1. The van der Waals surface area contributed by atoms with Crippen molar-refractivity contribution in [1.29, 1.82) is 0 Å². The van der Waals surface area contributed by atoms with E-state index in [9.17, 15) is 4.79 Å². The minimum Gasteiger partial charge on any atom is -0.494 e. The maximum Gasteiger partial charge on any atom is 0.255 e. The average Bonchev–Trinajstić information content (AvgIpc) is 2.70. The monoisotopic (exact) mass is 366 g/mol. The van der Waals surface area contributed by atoms with Gasteiger partial charge in [0.15, 0.2) is 0 Å². The van der Waals surface area contributed by atoms with E-state index in [1.807, 2.05) is 42.5 Å². The number of hydrogen-bond acceptors (Lipinski definition) is 3. The van der Waals surface area contributed by atoms with Gasteiger partial charge in [-0.1, -0.05) is 38.5 Å². The number of nitrogens with zero attached hydrogens (tertiary/aromatic N) is 1. The van der Waals surface area contributed by atoms with Crippen LogP contribution in [0.25, 0.3) is 0 Å². The summed E-state index contributed by atoms with van der Waals surface area (Å²) >= 11 is 0. The molecule has 144 valence electrons. The van der Waals surface area contributed by atoms with Gasteiger partial charge in [0.2, 0.25) is 0 Å². The number of hydrogen-bond donors (Lipinski definition) is 1. The smallest absolute Gasteiger partial charge is 0.255 e. The Morgan fingerprint density at radius 3 is 2.70 bits per heavy atom. The molecule has 1 N–H and O–H groups in total. The molecule has 2 aromatic carbocycles. The first-order valence-electron chi connectivity index (χ1n) is 10.1. The lowest BCUT2D eigenvalue weighted by molar-refractivity contribution is 0.102. The Bertz CT molecular complexity index is 752. The molecule has 1 aliphatic rings. The second-order valence-electron chi connectivity index (χ2n) is 7.37. The molecule has 0 spiro atoms. The number of rotatable bonds is 7. The van der Waals surface area contributed by atoms with Gasteiger partial charge in [0.05, 0.1) is 18.0 Å². The van der Waals surface area contributed by atoms with Crippen molar-refractivity contribution < 1.29 is 9.53 Å². The number of unbranched alkanes of at least 4 members (excludes halogenated alkanes) is 1. The van der Waals surface area contributed by atoms with Crippen molar-refractivity contribution >= 4 is 17.3 Å². The topological polar surface area (TPSA) is 41.6 Å². The molecule has 0 radical (unpaired) electrons. The van der Waals surface area contributed by atoms with Crippen LogP contribution in [0.4, 0.5) is 11.4 Å². The summed E-state index contributed by atoms with van der Waals surface area (Å²) in [4.78, 5) is 15.2. The molecular formula is C23H30N2O2. The number of ether oxygens (including phenoxy) is 1. The Morgan fingerprint density at radius 1 is 1.15 bits per heavy atom. The first-order chi connectivity index (χ1) is 13.2. The zero-order valence-electron chi connectivity index (χ0n) is 16.4. The lowest BCUT2D eigenvalue weighted by atomic mass is 9.98. The lowest BCUT2D eigenvalue weighted by Gasteiger charge is -2.33. The van der Waals surface area contributed by atoms with Gasteiger partial charge in [0.1, 0.15) is 5.75 Å². The molecule has 0 saturated carbocycles. The summed E-state index contributed by atoms with van der Waals surface area (Å²) in [6.07, 6.45) is 4.49. The van der Waals surface area contributed by atoms with Crippen LogP contribution in [0.1, 0.15) is 49.9 Å². The van der Waals surface area contributed by atoms with E-state index in [2.05, 4.69) is 30.1 Å². The van der Waals surface area contributed by atoms with Crippen molar-refractivity contribution in [3.8, 4) is 5.75 Å². The summed E-state index contributed by atoms with van der Waals surface area (Å²) in [5.41, 5.74) is 2.59. The van der Waals surface area contributed by atoms with E-state index in [-0.39, 0.29) is 5.91 Å². The maximum absolute atomic E-state index is 12.8. The number of piperidine rings is 1. The highest BCUT2D eigenvalue weighted by atomic mass is 16.5. The van der Waals surface area contributed by atoms with Crippen molar-refractivity contribution in [3.63, 3.8) is 0 Å². The van der Waals surface area contributed by atoms with Crippen LogP contribution < -0.4 is 15.0 Å². The SMILES string of the molecule is CCCCOc1cccc(C(=O)Nc2ccccc2N2CCC(C)CC2)c1. The normalized spacial score (nSPS) is 14.8. The first kappa shape index (κ1) is 19.3. The van der Waals surface area contributed by atoms with Crippen LogP contribution in [0.3, 0.4) is 0 Å². The van der Waals surface area contributed by atoms with Gasteiger partial charge in [-0.3, -0.25) is 4.79 Å². The predicted octanol–water partition coefficient (Wildman–Crippen LogP) is 5.35. The average molecular weight is 367 g/mol. The highest BCUT2D eigenvalue weighted by Crippen LogP contribution is 2.30. The molecule has 0 atom stereocenters. The molecule has 0 bridgehead atoms. The molecule has 4 nitrogen and oxygen atoms in total. The summed E-state index contributed by atoms with van der Waals surface area (Å²) in [7, 11) is 0. The molecule has 0 aliphatic carbocycles. The number of carbonyl (C=O) groups excluding carboxylic acids is 1. The third kappa shape index (κ3) is 5.25. The molecule has 1 heterocycles. The molecule has 0 aromatic heterocycles. The number of amides is 1. The van der Waals surface area contributed by atoms with E-state index in [0.717, 1.165) is 49.0 Å². The fourth-order valence-electron chi connectivity index (χ4n) is 3.36. The van der Waals surface area contributed by atoms with Gasteiger partial charge in [-0.2, -0.15) is 0 Å². The van der Waals surface area contributed by atoms with Crippen molar-refractivity contribution in [2.24, 2.45) is 5.92 Å². The minimum atomic E-state index is -0.103. The van der Waals surface area contributed by atoms with Crippen LogP contribution in [0.15, 0.2) is 48.5 Å². The van der Waals surface area contributed by atoms with E-state index >= 15 is 0 Å². The predicted molar refractivity (Wildman–Crippen MR) is 112 cm³/mol. The second-order valence-corrected chi connectivity index (χ2v) is 7.37. The lowest BCUT2D eigenvalue weighted by Crippen LogP contribution is -2.33. The summed E-state index contributed by atoms with van der Waals surface area (Å²) < 4.78 is 5.73. The summed E-state index contributed by atoms with van der Waals surface area (Å²) in [6.45, 7) is 7.19. The van der Waals surface area contributed by atoms with Gasteiger partial charge in [0, 0.05) is 18.7 Å². The van der Waals surface area contributed by atoms with Gasteiger partial charge in [-0.05, 0) is 55.5 Å². The fourth-order valence-corrected chi connectivity index (χ4v) is 3.36. The fraction of sp³-hybridized carbons (Fsp3) is 0.435. The Hall–Kier alpha value is -2.49. The largest absolute Gasteiger partial charge is 0.494 e. The highest BCUT2D eigenvalue weighted by molar-refractivity contribution is 6.06. The zero-order valence-corrected chi connectivity index (χ0v) is 16.4. The van der Waals surface area contributed by atoms with E-state index in [4.69, 9.17) is 4.74 Å². The number of nitrogens with one attached hydrogen (secondary N) is 1. The number of anilines is 2. The minimum absolute atomic E-state index is 0.103. The van der Waals surface area contributed by atoms with E-state index in [0.29, 0.717) is 12.2 Å². The van der Waals surface area contributed by atoms with Gasteiger partial charge in [-0.15, -0.1) is 0 Å². The first-order valence-corrected chi connectivity index (χ1v) is 10.1. The number of benzene rings is 2. The molecule has 1 amide bonds. The molecule has 27 heavy (non-hydrogen) atoms. The van der Waals surface area contributed by atoms with Crippen LogP contribution >= 0.6 is 0 Å². The van der Waals surface area contributed by atoms with Crippen LogP contribution in [0, 0.1) is 5.92 Å². The van der Waals surface area contributed by atoms with Crippen molar-refractivity contribution in [2.75, 3.05) is 29.9 Å². The summed E-state index contributed by atoms with van der Waals surface area (Å²) in [5.74, 6) is 1.42. The molecule has 1 fully saturated rings. The van der Waals surface area contributed by atoms with E-state index in [1.54, 1.807) is 0 Å². The van der Waals surface area contributed by atoms with Crippen molar-refractivity contribution in [3.05, 3.63) is 54.1 Å². The molecule has 1 saturated heterocycles. The van der Waals surface area contributed by atoms with Crippen LogP contribution in [-0.4, -0.2) is 25.6 Å². The highest BCUT2D eigenvalue weighted by Gasteiger charge is 2.19. The second kappa shape index (κ2) is 9.45. The Morgan fingerprint density at radius 2 is 1.93 bits per heavy atom. The van der Waals surface area contributed by atoms with Crippen molar-refractivity contribution in [2.45, 2.75) is 39.5 Å². The molecule has 1 aliphatic heterocycles. The molecule has 3 rings (SSSR count). The third-order valence-electron chi connectivity index (χ3n) is 5.14. The third-order valence-corrected chi connectivity index (χ3v) is 5.14. The number of para-hydroxylation sites is 2. The summed E-state index contributed by atoms with van der Waals surface area (Å²) in [6, 6.07) is 15.5. The van der Waals surface area contributed by atoms with Gasteiger partial charge in [0.25, 0.3) is 5.91 Å². The van der Waals surface area contributed by atoms with Gasteiger partial charge >= 0.3 is 0 Å². The van der Waals surface area contributed by atoms with Crippen LogP contribution in [0.2, 0.25) is 0 Å². The Labute approximate surface area is 162 Å². The summed E-state index contributed by atoms with van der Waals surface area (Å²) in [5, 5.41) is 3.09. The molecule has 4 heteroatoms. The Kier molecular flexibility index (Phi) is 6.74. The van der Waals surface area contributed by atoms with Gasteiger partial charge in [-0.25, -0.2) is 0 Å². The van der Waals surface area contributed by atoms with Crippen molar-refractivity contribution in [1.82, 2.24) is 0 Å². The van der Waals surface area contributed by atoms with Crippen LogP contribution in [0.5, 0.6) is 5.75 Å². The quantitative estimate of drug-likeness (QED) is 0.671. The molecular weight excluding hydrogens is 336 g/mol. The maximum atomic E-state index is 12.8. The zero-order chi connectivity index (χ0) is 19.1. The van der Waals surface area contributed by atoms with E-state index in [1.165, 1.54) is 12.8 Å². The van der Waals surface area contributed by atoms with E-state index < -0.39 is 0 Å². The van der Waals surface area contributed by atoms with Gasteiger partial charge < -0.3 is 15.0 Å². The molecule has 0 unspecified atom stereocenters.